The van der Waals surface area contributed by atoms with Gasteiger partial charge in [-0.25, -0.2) is 13.8 Å². The maximum atomic E-state index is 14.0. The summed E-state index contributed by atoms with van der Waals surface area (Å²) in [4.78, 5) is 45.3. The Balaban J connectivity index is 1.54. The van der Waals surface area contributed by atoms with E-state index < -0.39 is 29.0 Å². The quantitative estimate of drug-likeness (QED) is 0.527. The second-order valence-electron chi connectivity index (χ2n) is 9.36. The van der Waals surface area contributed by atoms with Crippen LogP contribution in [0.15, 0.2) is 24.5 Å². The van der Waals surface area contributed by atoms with Crippen LogP contribution >= 0.6 is 0 Å². The average molecular weight is 490 g/mol. The molecule has 2 N–H and O–H groups in total. The van der Waals surface area contributed by atoms with Crippen LogP contribution in [0.4, 0.5) is 14.5 Å². The van der Waals surface area contributed by atoms with E-state index in [1.54, 1.807) is 6.92 Å². The van der Waals surface area contributed by atoms with Gasteiger partial charge in [-0.15, -0.1) is 0 Å². The number of carbonyl (C=O) groups excluding carboxylic acids is 3. The number of fused-ring (bicyclic) bond motifs is 1. The maximum absolute atomic E-state index is 14.0. The molecule has 1 unspecified atom stereocenters. The molecule has 0 bridgehead atoms. The third-order valence-corrected chi connectivity index (χ3v) is 6.12. The zero-order valence-corrected chi connectivity index (χ0v) is 19.9. The van der Waals surface area contributed by atoms with E-state index in [0.717, 1.165) is 31.0 Å². The number of nitrogens with zero attached hydrogens (tertiary/aromatic N) is 3. The van der Waals surface area contributed by atoms with Crippen LogP contribution in [0.3, 0.4) is 0 Å². The predicted octanol–water partition coefficient (Wildman–Crippen LogP) is 2.72. The van der Waals surface area contributed by atoms with Crippen LogP contribution in [0.1, 0.15) is 61.0 Å². The van der Waals surface area contributed by atoms with Crippen LogP contribution < -0.4 is 10.6 Å². The minimum Gasteiger partial charge on any atom is -0.379 e. The Hall–Kier alpha value is -3.34. The summed E-state index contributed by atoms with van der Waals surface area (Å²) in [5.74, 6) is -3.18. The molecule has 2 aliphatic rings. The molecule has 2 heterocycles. The highest BCUT2D eigenvalue weighted by molar-refractivity contribution is 6.11. The summed E-state index contributed by atoms with van der Waals surface area (Å²) in [6.07, 6.45) is 3.56. The van der Waals surface area contributed by atoms with Gasteiger partial charge in [-0.05, 0) is 52.2 Å². The first-order valence-electron chi connectivity index (χ1n) is 11.7. The van der Waals surface area contributed by atoms with Crippen molar-refractivity contribution in [3.8, 4) is 0 Å². The highest BCUT2D eigenvalue weighted by Crippen LogP contribution is 2.39. The molecule has 3 amide bonds. The highest BCUT2D eigenvalue weighted by Gasteiger charge is 2.53. The standard InChI is InChI=1S/C24H29F2N5O4/c1-14(2)35-10-4-9-27-23(34)24(3)12-30-13-28-19(20(30)22(33)31(24)16-6-7-16)21(32)29-18-11-15(25)5-8-17(18)26/h5,8,11,13-14,16H,4,6-7,9-10,12H2,1-3H3,(H,27,34)(H,29,32). The van der Waals surface area contributed by atoms with Gasteiger partial charge in [0.2, 0.25) is 5.91 Å². The van der Waals surface area contributed by atoms with E-state index in [1.807, 2.05) is 13.8 Å². The summed E-state index contributed by atoms with van der Waals surface area (Å²) in [6, 6.07) is 2.56. The molecule has 1 aromatic carbocycles. The van der Waals surface area contributed by atoms with Gasteiger partial charge in [0, 0.05) is 25.3 Å². The lowest BCUT2D eigenvalue weighted by atomic mass is 9.94. The first-order chi connectivity index (χ1) is 16.6. The summed E-state index contributed by atoms with van der Waals surface area (Å²) >= 11 is 0. The summed E-state index contributed by atoms with van der Waals surface area (Å²) in [6.45, 7) is 6.59. The van der Waals surface area contributed by atoms with Gasteiger partial charge in [0.15, 0.2) is 5.69 Å². The zero-order chi connectivity index (χ0) is 25.3. The third kappa shape index (κ3) is 5.04. The first kappa shape index (κ1) is 24.8. The molecule has 1 aliphatic carbocycles. The van der Waals surface area contributed by atoms with Gasteiger partial charge in [0.05, 0.1) is 24.7 Å². The summed E-state index contributed by atoms with van der Waals surface area (Å²) in [5.41, 5.74) is -1.73. The number of amides is 3. The lowest BCUT2D eigenvalue weighted by molar-refractivity contribution is -0.133. The molecule has 1 aromatic heterocycles. The third-order valence-electron chi connectivity index (χ3n) is 6.12. The van der Waals surface area contributed by atoms with Crippen molar-refractivity contribution < 1.29 is 27.9 Å². The number of hydrogen-bond donors (Lipinski definition) is 2. The number of aromatic nitrogens is 2. The molecule has 2 aromatic rings. The van der Waals surface area contributed by atoms with Crippen molar-refractivity contribution in [2.75, 3.05) is 18.5 Å². The Kier molecular flexibility index (Phi) is 6.88. The second-order valence-corrected chi connectivity index (χ2v) is 9.36. The first-order valence-corrected chi connectivity index (χ1v) is 11.7. The Labute approximate surface area is 201 Å². The lowest BCUT2D eigenvalue weighted by Crippen LogP contribution is -2.64. The fourth-order valence-electron chi connectivity index (χ4n) is 4.28. The predicted molar refractivity (Wildman–Crippen MR) is 123 cm³/mol. The van der Waals surface area contributed by atoms with Gasteiger partial charge in [-0.3, -0.25) is 14.4 Å². The molecule has 0 saturated heterocycles. The van der Waals surface area contributed by atoms with E-state index in [4.69, 9.17) is 4.74 Å². The zero-order valence-electron chi connectivity index (χ0n) is 19.9. The second kappa shape index (κ2) is 9.73. The largest absolute Gasteiger partial charge is 0.379 e. The molecule has 1 aliphatic heterocycles. The lowest BCUT2D eigenvalue weighted by Gasteiger charge is -2.44. The SMILES string of the molecule is CC(C)OCCCNC(=O)C1(C)Cn2cnc(C(=O)Nc3cc(F)ccc3F)c2C(=O)N1C1CC1. The fourth-order valence-corrected chi connectivity index (χ4v) is 4.28. The molecular formula is C24H29F2N5O4. The van der Waals surface area contributed by atoms with E-state index in [9.17, 15) is 23.2 Å². The van der Waals surface area contributed by atoms with Gasteiger partial charge in [-0.1, -0.05) is 0 Å². The van der Waals surface area contributed by atoms with Gasteiger partial charge in [-0.2, -0.15) is 0 Å². The molecule has 11 heteroatoms. The summed E-state index contributed by atoms with van der Waals surface area (Å²) in [5, 5.41) is 5.18. The van der Waals surface area contributed by atoms with E-state index in [2.05, 4.69) is 15.6 Å². The minimum absolute atomic E-state index is 0.0156. The molecule has 9 nitrogen and oxygen atoms in total. The molecule has 35 heavy (non-hydrogen) atoms. The van der Waals surface area contributed by atoms with Crippen LogP contribution in [-0.2, 0) is 16.1 Å². The maximum Gasteiger partial charge on any atom is 0.276 e. The molecule has 188 valence electrons. The van der Waals surface area contributed by atoms with Crippen molar-refractivity contribution in [3.05, 3.63) is 47.5 Å². The van der Waals surface area contributed by atoms with Crippen molar-refractivity contribution in [1.82, 2.24) is 19.8 Å². The number of imidazole rings is 1. The smallest absolute Gasteiger partial charge is 0.276 e. The number of nitrogens with one attached hydrogen (secondary N) is 2. The Morgan fingerprint density at radius 1 is 1.29 bits per heavy atom. The van der Waals surface area contributed by atoms with Crippen LogP contribution in [0.5, 0.6) is 0 Å². The van der Waals surface area contributed by atoms with Crippen molar-refractivity contribution in [1.29, 1.82) is 0 Å². The molecule has 1 saturated carbocycles. The normalized spacial score (nSPS) is 19.6. The van der Waals surface area contributed by atoms with Crippen molar-refractivity contribution in [3.63, 3.8) is 0 Å². The minimum atomic E-state index is -1.17. The Morgan fingerprint density at radius 2 is 2.03 bits per heavy atom. The Bertz CT molecular complexity index is 1150. The van der Waals surface area contributed by atoms with Crippen LogP contribution in [0.25, 0.3) is 0 Å². The molecular weight excluding hydrogens is 460 g/mol. The summed E-state index contributed by atoms with van der Waals surface area (Å²) in [7, 11) is 0. The number of anilines is 1. The highest BCUT2D eigenvalue weighted by atomic mass is 19.1. The molecule has 0 radical (unpaired) electrons. The van der Waals surface area contributed by atoms with Crippen molar-refractivity contribution in [2.45, 2.75) is 64.3 Å². The number of hydrogen-bond acceptors (Lipinski definition) is 5. The van der Waals surface area contributed by atoms with Crippen LogP contribution in [0, 0.1) is 11.6 Å². The van der Waals surface area contributed by atoms with E-state index in [0.29, 0.717) is 19.6 Å². The van der Waals surface area contributed by atoms with Crippen LogP contribution in [0.2, 0.25) is 0 Å². The van der Waals surface area contributed by atoms with Gasteiger partial charge < -0.3 is 24.8 Å². The monoisotopic (exact) mass is 489 g/mol. The van der Waals surface area contributed by atoms with Gasteiger partial charge in [0.1, 0.15) is 22.9 Å². The number of halogens is 2. The van der Waals surface area contributed by atoms with Crippen molar-refractivity contribution in [2.24, 2.45) is 0 Å². The molecule has 1 atom stereocenters. The van der Waals surface area contributed by atoms with Crippen LogP contribution in [-0.4, -0.2) is 63.0 Å². The van der Waals surface area contributed by atoms with Gasteiger partial charge >= 0.3 is 0 Å². The number of benzene rings is 1. The number of rotatable bonds is 9. The van der Waals surface area contributed by atoms with E-state index >= 15 is 0 Å². The van der Waals surface area contributed by atoms with E-state index in [1.165, 1.54) is 15.8 Å². The van der Waals surface area contributed by atoms with Crippen molar-refractivity contribution >= 4 is 23.4 Å². The average Bonchev–Trinajstić information content (AvgIpc) is 3.53. The number of carbonyl (C=O) groups is 3. The number of ether oxygens (including phenoxy) is 1. The molecule has 4 rings (SSSR count). The molecule has 0 spiro atoms. The molecule has 1 fully saturated rings. The van der Waals surface area contributed by atoms with Gasteiger partial charge in [0.25, 0.3) is 11.8 Å². The topological polar surface area (TPSA) is 106 Å². The fraction of sp³-hybridized carbons (Fsp3) is 0.500. The Morgan fingerprint density at radius 3 is 2.71 bits per heavy atom. The summed E-state index contributed by atoms with van der Waals surface area (Å²) < 4.78 is 34.5. The van der Waals surface area contributed by atoms with E-state index in [-0.39, 0.29) is 41.7 Å².